The molecule has 3 rings (SSSR count). The third kappa shape index (κ3) is 4.69. The lowest BCUT2D eigenvalue weighted by Gasteiger charge is -2.12. The number of nitrogens with zero attached hydrogens (tertiary/aromatic N) is 1. The lowest BCUT2D eigenvalue weighted by Crippen LogP contribution is -2.36. The number of imide groups is 1. The molecule has 0 saturated carbocycles. The number of anilines is 1. The van der Waals surface area contributed by atoms with Gasteiger partial charge < -0.3 is 10.4 Å². The van der Waals surface area contributed by atoms with Crippen molar-refractivity contribution in [2.45, 2.75) is 6.92 Å². The van der Waals surface area contributed by atoms with Crippen molar-refractivity contribution in [3.05, 3.63) is 62.1 Å². The lowest BCUT2D eigenvalue weighted by molar-refractivity contribution is -0.127. The van der Waals surface area contributed by atoms with Crippen LogP contribution in [0.15, 0.2) is 47.4 Å². The summed E-state index contributed by atoms with van der Waals surface area (Å²) < 4.78 is 0.637. The Morgan fingerprint density at radius 3 is 2.59 bits per heavy atom. The molecule has 1 heterocycles. The third-order valence-corrected chi connectivity index (χ3v) is 5.55. The van der Waals surface area contributed by atoms with E-state index in [1.165, 1.54) is 6.07 Å². The Balaban J connectivity index is 1.70. The van der Waals surface area contributed by atoms with Crippen molar-refractivity contribution in [2.75, 3.05) is 11.9 Å². The van der Waals surface area contributed by atoms with Crippen molar-refractivity contribution in [3.8, 4) is 5.75 Å². The molecule has 0 aliphatic carbocycles. The van der Waals surface area contributed by atoms with E-state index in [0.29, 0.717) is 14.8 Å². The summed E-state index contributed by atoms with van der Waals surface area (Å²) >= 11 is 2.77. The van der Waals surface area contributed by atoms with Crippen LogP contribution in [-0.4, -0.2) is 33.6 Å². The molecule has 1 saturated heterocycles. The van der Waals surface area contributed by atoms with Gasteiger partial charge in [-0.25, -0.2) is 0 Å². The van der Waals surface area contributed by atoms with Crippen molar-refractivity contribution in [2.24, 2.45) is 0 Å². The highest BCUT2D eigenvalue weighted by atomic mass is 127. The Kier molecular flexibility index (Phi) is 5.85. The van der Waals surface area contributed by atoms with Crippen LogP contribution in [0.25, 0.3) is 6.08 Å². The molecule has 1 aliphatic rings. The highest BCUT2D eigenvalue weighted by Crippen LogP contribution is 2.33. The second kappa shape index (κ2) is 8.13. The number of nitrogens with one attached hydrogen (secondary N) is 1. The fourth-order valence-electron chi connectivity index (χ4n) is 2.38. The van der Waals surface area contributed by atoms with Crippen LogP contribution in [0.3, 0.4) is 0 Å². The van der Waals surface area contributed by atoms with Crippen LogP contribution >= 0.6 is 34.4 Å². The Bertz CT molecular complexity index is 957. The average Bonchev–Trinajstić information content (AvgIpc) is 2.87. The Morgan fingerprint density at radius 1 is 1.22 bits per heavy atom. The predicted molar refractivity (Wildman–Crippen MR) is 113 cm³/mol. The Morgan fingerprint density at radius 2 is 1.93 bits per heavy atom. The standard InChI is InChI=1S/C19H15IN2O4S/c1-11-2-5-13(6-3-11)21-17(24)10-22-18(25)16(27-19(22)26)9-12-4-7-15(23)14(20)8-12/h2-9,23H,10H2,1H3,(H,21,24)/b16-9-. The summed E-state index contributed by atoms with van der Waals surface area (Å²) in [6.45, 7) is 1.59. The first kappa shape index (κ1) is 19.4. The van der Waals surface area contributed by atoms with Crippen molar-refractivity contribution < 1.29 is 19.5 Å². The minimum Gasteiger partial charge on any atom is -0.507 e. The number of carbonyl (C=O) groups excluding carboxylic acids is 3. The second-order valence-corrected chi connectivity index (χ2v) is 8.05. The first-order valence-electron chi connectivity index (χ1n) is 7.94. The number of phenolic OH excluding ortho intramolecular Hbond substituents is 1. The van der Waals surface area contributed by atoms with Gasteiger partial charge in [0.15, 0.2) is 0 Å². The number of hydrogen-bond acceptors (Lipinski definition) is 5. The number of amides is 3. The molecule has 0 spiro atoms. The molecule has 1 fully saturated rings. The zero-order valence-corrected chi connectivity index (χ0v) is 17.2. The SMILES string of the molecule is Cc1ccc(NC(=O)CN2C(=O)S/C(=C\c3ccc(O)c(I)c3)C2=O)cc1. The summed E-state index contributed by atoms with van der Waals surface area (Å²) in [6, 6.07) is 12.1. The number of phenols is 1. The molecule has 0 atom stereocenters. The number of halogens is 1. The summed E-state index contributed by atoms with van der Waals surface area (Å²) in [6.07, 6.45) is 1.57. The molecule has 0 bridgehead atoms. The average molecular weight is 494 g/mol. The maximum Gasteiger partial charge on any atom is 0.294 e. The van der Waals surface area contributed by atoms with Gasteiger partial charge in [0.1, 0.15) is 12.3 Å². The number of hydrogen-bond donors (Lipinski definition) is 2. The van der Waals surface area contributed by atoms with Gasteiger partial charge in [0.05, 0.1) is 8.48 Å². The van der Waals surface area contributed by atoms with Gasteiger partial charge in [-0.05, 0) is 77.2 Å². The van der Waals surface area contributed by atoms with Gasteiger partial charge in [-0.15, -0.1) is 0 Å². The molecule has 27 heavy (non-hydrogen) atoms. The van der Waals surface area contributed by atoms with Gasteiger partial charge in [-0.3, -0.25) is 19.3 Å². The summed E-state index contributed by atoms with van der Waals surface area (Å²) in [5, 5.41) is 11.8. The molecule has 0 radical (unpaired) electrons. The quantitative estimate of drug-likeness (QED) is 0.496. The van der Waals surface area contributed by atoms with E-state index in [4.69, 9.17) is 0 Å². The molecular weight excluding hydrogens is 479 g/mol. The minimum absolute atomic E-state index is 0.147. The van der Waals surface area contributed by atoms with Crippen molar-refractivity contribution in [1.82, 2.24) is 4.90 Å². The van der Waals surface area contributed by atoms with Gasteiger partial charge in [-0.2, -0.15) is 0 Å². The van der Waals surface area contributed by atoms with Crippen LogP contribution in [0.5, 0.6) is 5.75 Å². The summed E-state index contributed by atoms with van der Waals surface area (Å²) in [5.41, 5.74) is 2.35. The smallest absolute Gasteiger partial charge is 0.294 e. The lowest BCUT2D eigenvalue weighted by atomic mass is 10.2. The fourth-order valence-corrected chi connectivity index (χ4v) is 3.76. The molecule has 8 heteroatoms. The van der Waals surface area contributed by atoms with Crippen LogP contribution in [0.2, 0.25) is 0 Å². The second-order valence-electron chi connectivity index (χ2n) is 5.89. The van der Waals surface area contributed by atoms with E-state index in [1.54, 1.807) is 30.3 Å². The zero-order chi connectivity index (χ0) is 19.6. The molecule has 3 amide bonds. The van der Waals surface area contributed by atoms with Crippen LogP contribution in [0.1, 0.15) is 11.1 Å². The van der Waals surface area contributed by atoms with E-state index in [-0.39, 0.29) is 17.2 Å². The number of thioether (sulfide) groups is 1. The third-order valence-electron chi connectivity index (χ3n) is 3.78. The summed E-state index contributed by atoms with van der Waals surface area (Å²) in [7, 11) is 0. The summed E-state index contributed by atoms with van der Waals surface area (Å²) in [4.78, 5) is 38.0. The van der Waals surface area contributed by atoms with E-state index in [9.17, 15) is 19.5 Å². The highest BCUT2D eigenvalue weighted by molar-refractivity contribution is 14.1. The molecule has 0 aromatic heterocycles. The molecule has 2 aromatic carbocycles. The topological polar surface area (TPSA) is 86.7 Å². The molecule has 2 N–H and O–H groups in total. The summed E-state index contributed by atoms with van der Waals surface area (Å²) in [5.74, 6) is -0.803. The van der Waals surface area contributed by atoms with Gasteiger partial charge >= 0.3 is 0 Å². The molecule has 138 valence electrons. The van der Waals surface area contributed by atoms with Crippen molar-refractivity contribution >= 4 is 63.2 Å². The molecule has 0 unspecified atom stereocenters. The number of rotatable bonds is 4. The van der Waals surface area contributed by atoms with Crippen LogP contribution < -0.4 is 5.32 Å². The number of aromatic hydroxyl groups is 1. The maximum absolute atomic E-state index is 12.5. The maximum atomic E-state index is 12.5. The molecular formula is C19H15IN2O4S. The fraction of sp³-hybridized carbons (Fsp3) is 0.105. The van der Waals surface area contributed by atoms with E-state index < -0.39 is 17.1 Å². The van der Waals surface area contributed by atoms with Crippen LogP contribution in [-0.2, 0) is 9.59 Å². The predicted octanol–water partition coefficient (Wildman–Crippen LogP) is 3.98. The Hall–Kier alpha value is -2.33. The van der Waals surface area contributed by atoms with Crippen molar-refractivity contribution in [3.63, 3.8) is 0 Å². The van der Waals surface area contributed by atoms with E-state index >= 15 is 0 Å². The van der Waals surface area contributed by atoms with Gasteiger partial charge in [-0.1, -0.05) is 23.8 Å². The van der Waals surface area contributed by atoms with E-state index in [1.807, 2.05) is 41.6 Å². The monoisotopic (exact) mass is 494 g/mol. The largest absolute Gasteiger partial charge is 0.507 e. The number of aryl methyl sites for hydroxylation is 1. The number of benzene rings is 2. The highest BCUT2D eigenvalue weighted by Gasteiger charge is 2.36. The first-order chi connectivity index (χ1) is 12.8. The van der Waals surface area contributed by atoms with Gasteiger partial charge in [0, 0.05) is 5.69 Å². The normalized spacial score (nSPS) is 15.5. The van der Waals surface area contributed by atoms with Gasteiger partial charge in [0.25, 0.3) is 11.1 Å². The number of carbonyl (C=O) groups is 3. The molecule has 2 aromatic rings. The molecule has 1 aliphatic heterocycles. The van der Waals surface area contributed by atoms with Crippen LogP contribution in [0, 0.1) is 10.5 Å². The van der Waals surface area contributed by atoms with Gasteiger partial charge in [0.2, 0.25) is 5.91 Å². The first-order valence-corrected chi connectivity index (χ1v) is 9.83. The van der Waals surface area contributed by atoms with Crippen molar-refractivity contribution in [1.29, 1.82) is 0 Å². The van der Waals surface area contributed by atoms with Crippen LogP contribution in [0.4, 0.5) is 10.5 Å². The minimum atomic E-state index is -0.507. The molecule has 6 nitrogen and oxygen atoms in total. The zero-order valence-electron chi connectivity index (χ0n) is 14.2. The Labute approximate surface area is 173 Å². The van der Waals surface area contributed by atoms with E-state index in [2.05, 4.69) is 5.32 Å². The van der Waals surface area contributed by atoms with E-state index in [0.717, 1.165) is 22.2 Å².